The molecule has 38 heavy (non-hydrogen) atoms. The van der Waals surface area contributed by atoms with E-state index in [1.165, 1.54) is 4.90 Å². The van der Waals surface area contributed by atoms with Crippen molar-refractivity contribution in [1.29, 1.82) is 0 Å². The zero-order valence-corrected chi connectivity index (χ0v) is 21.5. The zero-order chi connectivity index (χ0) is 27.0. The predicted octanol–water partition coefficient (Wildman–Crippen LogP) is 1.86. The highest BCUT2D eigenvalue weighted by molar-refractivity contribution is 5.95. The number of aliphatic hydroxyl groups is 2. The standard InChI is InChI=1S/C28H35N3O7/c1-16-5-4-8-22(32)23(33)10-9-17-14-28(17,27(36)37)30-25(34)21-13-18(15-31(21)26(16)35)38-24-11-12-29-20-7-3-2-6-19(20)24/h2-3,6-7,11-12,16-18,21-23,32-33H,4-5,8-10,13-15H2,1H3,(H,30,34)(H,36,37)/t16-,17+,18?,21-,22?,23?,28+/m0/s1. The van der Waals surface area contributed by atoms with Crippen molar-refractivity contribution in [2.24, 2.45) is 11.8 Å². The van der Waals surface area contributed by atoms with Crippen LogP contribution in [0.2, 0.25) is 0 Å². The molecular weight excluding hydrogens is 490 g/mol. The van der Waals surface area contributed by atoms with E-state index in [1.807, 2.05) is 24.3 Å². The summed E-state index contributed by atoms with van der Waals surface area (Å²) in [5.41, 5.74) is -0.654. The number of rotatable bonds is 3. The van der Waals surface area contributed by atoms with Crippen molar-refractivity contribution >= 4 is 28.7 Å². The van der Waals surface area contributed by atoms with Crippen LogP contribution in [0.1, 0.15) is 51.9 Å². The van der Waals surface area contributed by atoms with Crippen molar-refractivity contribution in [2.75, 3.05) is 6.54 Å². The lowest BCUT2D eigenvalue weighted by Crippen LogP contribution is -2.53. The molecule has 0 spiro atoms. The van der Waals surface area contributed by atoms with Crippen molar-refractivity contribution in [1.82, 2.24) is 15.2 Å². The monoisotopic (exact) mass is 525 g/mol. The molecule has 1 saturated carbocycles. The third-order valence-electron chi connectivity index (χ3n) is 8.40. The Morgan fingerprint density at radius 2 is 1.87 bits per heavy atom. The van der Waals surface area contributed by atoms with Crippen molar-refractivity contribution in [3.63, 3.8) is 0 Å². The van der Waals surface area contributed by atoms with Crippen molar-refractivity contribution in [3.8, 4) is 5.75 Å². The molecule has 2 aromatic rings. The number of hydrogen-bond acceptors (Lipinski definition) is 7. The minimum atomic E-state index is -1.43. The van der Waals surface area contributed by atoms with Crippen molar-refractivity contribution in [3.05, 3.63) is 36.5 Å². The summed E-state index contributed by atoms with van der Waals surface area (Å²) in [5, 5.41) is 34.2. The van der Waals surface area contributed by atoms with Crippen LogP contribution >= 0.6 is 0 Å². The normalized spacial score (nSPS) is 34.4. The Morgan fingerprint density at radius 1 is 1.11 bits per heavy atom. The number of carbonyl (C=O) groups is 3. The van der Waals surface area contributed by atoms with Gasteiger partial charge in [0, 0.05) is 23.9 Å². The molecule has 0 radical (unpaired) electrons. The molecule has 3 aliphatic rings. The SMILES string of the molecule is C[C@H]1CCCC(O)C(O)CC[C@@H]2C[C@@]2(C(=O)O)NC(=O)[C@@H]2CC(Oc3ccnc4ccccc34)CN2C1=O. The van der Waals surface area contributed by atoms with E-state index < -0.39 is 47.7 Å². The average molecular weight is 526 g/mol. The van der Waals surface area contributed by atoms with Crippen LogP contribution < -0.4 is 10.1 Å². The van der Waals surface area contributed by atoms with Crippen LogP contribution in [0.3, 0.4) is 0 Å². The van der Waals surface area contributed by atoms with Gasteiger partial charge in [0.2, 0.25) is 11.8 Å². The van der Waals surface area contributed by atoms with E-state index in [0.29, 0.717) is 31.4 Å². The molecule has 3 fully saturated rings. The van der Waals surface area contributed by atoms with Crippen LogP contribution in [-0.2, 0) is 14.4 Å². The van der Waals surface area contributed by atoms with Gasteiger partial charge in [0.15, 0.2) is 0 Å². The molecule has 2 aliphatic heterocycles. The summed E-state index contributed by atoms with van der Waals surface area (Å²) in [6.07, 6.45) is 1.76. The van der Waals surface area contributed by atoms with Crippen molar-refractivity contribution < 1.29 is 34.4 Å². The maximum atomic E-state index is 13.5. The summed E-state index contributed by atoms with van der Waals surface area (Å²) in [7, 11) is 0. The van der Waals surface area contributed by atoms with E-state index in [-0.39, 0.29) is 37.6 Å². The number of ether oxygens (including phenoxy) is 1. The fraction of sp³-hybridized carbons (Fsp3) is 0.571. The third-order valence-corrected chi connectivity index (χ3v) is 8.40. The molecule has 3 unspecified atom stereocenters. The average Bonchev–Trinajstić information content (AvgIpc) is 3.45. The number of para-hydroxylation sites is 1. The van der Waals surface area contributed by atoms with Crippen molar-refractivity contribution in [2.45, 2.75) is 81.8 Å². The molecule has 2 amide bonds. The van der Waals surface area contributed by atoms with Gasteiger partial charge in [-0.1, -0.05) is 19.1 Å². The molecule has 2 saturated heterocycles. The topological polar surface area (TPSA) is 149 Å². The second kappa shape index (κ2) is 10.5. The van der Waals surface area contributed by atoms with Gasteiger partial charge in [0.25, 0.3) is 0 Å². The van der Waals surface area contributed by atoms with E-state index in [9.17, 15) is 29.7 Å². The van der Waals surface area contributed by atoms with Gasteiger partial charge in [-0.2, -0.15) is 0 Å². The molecule has 10 nitrogen and oxygen atoms in total. The molecule has 204 valence electrons. The fourth-order valence-corrected chi connectivity index (χ4v) is 5.97. The maximum absolute atomic E-state index is 13.5. The summed E-state index contributed by atoms with van der Waals surface area (Å²) >= 11 is 0. The van der Waals surface area contributed by atoms with Gasteiger partial charge >= 0.3 is 5.97 Å². The number of aliphatic hydroxyl groups excluding tert-OH is 2. The van der Waals surface area contributed by atoms with E-state index in [0.717, 1.165) is 10.9 Å². The number of benzene rings is 1. The van der Waals surface area contributed by atoms with Crippen LogP contribution in [0.15, 0.2) is 36.5 Å². The lowest BCUT2D eigenvalue weighted by Gasteiger charge is -2.28. The first-order chi connectivity index (χ1) is 18.2. The molecule has 4 N–H and O–H groups in total. The number of aromatic nitrogens is 1. The first-order valence-electron chi connectivity index (χ1n) is 13.4. The molecular formula is C28H35N3O7. The Labute approximate surface area is 221 Å². The van der Waals surface area contributed by atoms with Gasteiger partial charge in [-0.15, -0.1) is 0 Å². The van der Waals surface area contributed by atoms with Gasteiger partial charge < -0.3 is 30.3 Å². The van der Waals surface area contributed by atoms with Crippen LogP contribution in [0.5, 0.6) is 5.75 Å². The maximum Gasteiger partial charge on any atom is 0.329 e. The number of carboxylic acids is 1. The molecule has 10 heteroatoms. The number of carbonyl (C=O) groups excluding carboxylic acids is 2. The quantitative estimate of drug-likeness (QED) is 0.475. The molecule has 1 aliphatic carbocycles. The van der Waals surface area contributed by atoms with Gasteiger partial charge in [0.05, 0.1) is 24.3 Å². The van der Waals surface area contributed by atoms with E-state index in [1.54, 1.807) is 19.2 Å². The number of amides is 2. The summed E-state index contributed by atoms with van der Waals surface area (Å²) in [6, 6.07) is 8.47. The van der Waals surface area contributed by atoms with Gasteiger partial charge in [0.1, 0.15) is 23.4 Å². The lowest BCUT2D eigenvalue weighted by atomic mass is 9.97. The largest absolute Gasteiger partial charge is 0.488 e. The number of hydrogen-bond donors (Lipinski definition) is 4. The Kier molecular flexibility index (Phi) is 7.28. The van der Waals surface area contributed by atoms with E-state index in [2.05, 4.69) is 10.3 Å². The Morgan fingerprint density at radius 3 is 2.66 bits per heavy atom. The third kappa shape index (κ3) is 5.07. The second-order valence-electron chi connectivity index (χ2n) is 11.0. The highest BCUT2D eigenvalue weighted by Gasteiger charge is 2.62. The predicted molar refractivity (Wildman–Crippen MR) is 137 cm³/mol. The molecule has 7 atom stereocenters. The minimum absolute atomic E-state index is 0.197. The highest BCUT2D eigenvalue weighted by atomic mass is 16.5. The Hall–Kier alpha value is -3.24. The second-order valence-corrected chi connectivity index (χ2v) is 11.0. The molecule has 0 bridgehead atoms. The van der Waals surface area contributed by atoms with E-state index >= 15 is 0 Å². The van der Waals surface area contributed by atoms with Crippen LogP contribution in [0.25, 0.3) is 10.9 Å². The summed E-state index contributed by atoms with van der Waals surface area (Å²) < 4.78 is 6.31. The fourth-order valence-electron chi connectivity index (χ4n) is 5.97. The number of nitrogens with zero attached hydrogens (tertiary/aromatic N) is 2. The number of fused-ring (bicyclic) bond motifs is 3. The molecule has 3 heterocycles. The summed E-state index contributed by atoms with van der Waals surface area (Å²) in [6.45, 7) is 1.99. The molecule has 1 aromatic heterocycles. The lowest BCUT2D eigenvalue weighted by molar-refractivity contribution is -0.146. The van der Waals surface area contributed by atoms with Crippen LogP contribution in [0.4, 0.5) is 0 Å². The Balaban J connectivity index is 1.40. The number of carboxylic acid groups (broad SMARTS) is 1. The summed E-state index contributed by atoms with van der Waals surface area (Å²) in [5.74, 6) is -2.00. The zero-order valence-electron chi connectivity index (χ0n) is 21.5. The first-order valence-corrected chi connectivity index (χ1v) is 13.4. The highest BCUT2D eigenvalue weighted by Crippen LogP contribution is 2.47. The van der Waals surface area contributed by atoms with Gasteiger partial charge in [-0.05, 0) is 62.6 Å². The first kappa shape index (κ1) is 26.4. The molecule has 5 rings (SSSR count). The smallest absolute Gasteiger partial charge is 0.329 e. The van der Waals surface area contributed by atoms with E-state index in [4.69, 9.17) is 4.74 Å². The van der Waals surface area contributed by atoms with Gasteiger partial charge in [-0.25, -0.2) is 4.79 Å². The number of pyridine rings is 1. The summed E-state index contributed by atoms with van der Waals surface area (Å²) in [4.78, 5) is 45.1. The minimum Gasteiger partial charge on any atom is -0.488 e. The number of nitrogens with one attached hydrogen (secondary N) is 1. The number of aliphatic carboxylic acids is 1. The van der Waals surface area contributed by atoms with Gasteiger partial charge in [-0.3, -0.25) is 14.6 Å². The Bertz CT molecular complexity index is 1220. The van der Waals surface area contributed by atoms with Crippen LogP contribution in [0, 0.1) is 11.8 Å². The molecule has 1 aromatic carbocycles. The van der Waals surface area contributed by atoms with Crippen LogP contribution in [-0.4, -0.2) is 79.4 Å².